The van der Waals surface area contributed by atoms with E-state index in [0.29, 0.717) is 30.8 Å². The molecular formula is C17H22FN3O5S. The first-order valence-corrected chi connectivity index (χ1v) is 9.67. The van der Waals surface area contributed by atoms with E-state index in [1.807, 2.05) is 0 Å². The summed E-state index contributed by atoms with van der Waals surface area (Å²) in [5, 5.41) is 5.74. The molecule has 0 unspecified atom stereocenters. The van der Waals surface area contributed by atoms with Gasteiger partial charge in [-0.1, -0.05) is 12.1 Å². The molecule has 0 bridgehead atoms. The van der Waals surface area contributed by atoms with E-state index in [1.165, 1.54) is 12.1 Å². The van der Waals surface area contributed by atoms with Crippen LogP contribution in [0.5, 0.6) is 0 Å². The molecule has 2 aromatic carbocycles. The molecule has 0 fully saturated rings. The van der Waals surface area contributed by atoms with Crippen molar-refractivity contribution in [3.8, 4) is 0 Å². The van der Waals surface area contributed by atoms with Crippen LogP contribution in [0, 0.1) is 5.82 Å². The monoisotopic (exact) mass is 399 g/mol. The molecule has 148 valence electrons. The van der Waals surface area contributed by atoms with Gasteiger partial charge in [-0.3, -0.25) is 9.87 Å². The van der Waals surface area contributed by atoms with Gasteiger partial charge < -0.3 is 15.8 Å². The fourth-order valence-corrected chi connectivity index (χ4v) is 1.87. The van der Waals surface area contributed by atoms with Crippen LogP contribution < -0.4 is 16.4 Å². The second-order valence-corrected chi connectivity index (χ2v) is 6.83. The highest BCUT2D eigenvalue weighted by Gasteiger charge is 2.06. The second kappa shape index (κ2) is 10.3. The maximum atomic E-state index is 12.8. The van der Waals surface area contributed by atoms with Crippen molar-refractivity contribution in [2.24, 2.45) is 0 Å². The lowest BCUT2D eigenvalue weighted by Crippen LogP contribution is -2.14. The van der Waals surface area contributed by atoms with Crippen molar-refractivity contribution < 1.29 is 26.9 Å². The van der Waals surface area contributed by atoms with Crippen molar-refractivity contribution in [2.45, 2.75) is 13.5 Å². The molecule has 0 aliphatic carbocycles. The lowest BCUT2D eigenvalue weighted by molar-refractivity contribution is 0.168. The number of carbonyl (C=O) groups excluding carboxylic acids is 1. The van der Waals surface area contributed by atoms with E-state index in [1.54, 1.807) is 37.3 Å². The van der Waals surface area contributed by atoms with E-state index in [2.05, 4.69) is 10.6 Å². The first-order valence-electron chi connectivity index (χ1n) is 7.82. The summed E-state index contributed by atoms with van der Waals surface area (Å²) in [4.78, 5) is 11.4. The summed E-state index contributed by atoms with van der Waals surface area (Å²) in [6, 6.07) is 11.5. The number of nitrogens with two attached hydrogens (primary N) is 1. The molecule has 0 radical (unpaired) electrons. The van der Waals surface area contributed by atoms with Gasteiger partial charge in [-0.05, 0) is 42.8 Å². The Morgan fingerprint density at radius 3 is 2.33 bits per heavy atom. The third kappa shape index (κ3) is 10.0. The predicted octanol–water partition coefficient (Wildman–Crippen LogP) is 3.09. The first kappa shape index (κ1) is 22.2. The molecule has 0 aliphatic rings. The Kier molecular flexibility index (Phi) is 8.49. The summed E-state index contributed by atoms with van der Waals surface area (Å²) in [6.07, 6.45) is 0.175. The summed E-state index contributed by atoms with van der Waals surface area (Å²) < 4.78 is 43.5. The van der Waals surface area contributed by atoms with E-state index in [4.69, 9.17) is 15.0 Å². The SMILES string of the molecule is CCOC(=O)Nc1ccc(NCc2ccc(F)cc2)cc1N.CS(=O)(=O)O. The van der Waals surface area contributed by atoms with Crippen molar-refractivity contribution in [1.29, 1.82) is 0 Å². The van der Waals surface area contributed by atoms with Crippen LogP contribution in [0.2, 0.25) is 0 Å². The number of rotatable bonds is 5. The summed E-state index contributed by atoms with van der Waals surface area (Å²) in [6.45, 7) is 2.57. The Labute approximate surface area is 157 Å². The number of hydrogen-bond donors (Lipinski definition) is 4. The number of carbonyl (C=O) groups is 1. The fourth-order valence-electron chi connectivity index (χ4n) is 1.87. The minimum Gasteiger partial charge on any atom is -0.450 e. The van der Waals surface area contributed by atoms with Gasteiger partial charge in [0, 0.05) is 12.2 Å². The molecule has 1 amide bonds. The molecule has 5 N–H and O–H groups in total. The second-order valence-electron chi connectivity index (χ2n) is 5.36. The summed E-state index contributed by atoms with van der Waals surface area (Å²) in [5.74, 6) is -0.262. The van der Waals surface area contributed by atoms with Crippen LogP contribution in [0.3, 0.4) is 0 Å². The Balaban J connectivity index is 0.000000646. The van der Waals surface area contributed by atoms with E-state index in [9.17, 15) is 17.6 Å². The van der Waals surface area contributed by atoms with Crippen molar-refractivity contribution >= 4 is 33.3 Å². The Bertz CT molecular complexity index is 849. The molecule has 0 saturated heterocycles. The molecular weight excluding hydrogens is 377 g/mol. The minimum atomic E-state index is -3.67. The van der Waals surface area contributed by atoms with Crippen LogP contribution in [-0.4, -0.2) is 31.9 Å². The van der Waals surface area contributed by atoms with Gasteiger partial charge in [-0.15, -0.1) is 0 Å². The van der Waals surface area contributed by atoms with Gasteiger partial charge in [0.2, 0.25) is 0 Å². The molecule has 2 rings (SSSR count). The number of ether oxygens (including phenoxy) is 1. The lowest BCUT2D eigenvalue weighted by Gasteiger charge is -2.11. The molecule has 0 saturated carbocycles. The summed E-state index contributed by atoms with van der Waals surface area (Å²) in [5.41, 5.74) is 8.57. The topological polar surface area (TPSA) is 131 Å². The number of hydrogen-bond acceptors (Lipinski definition) is 6. The van der Waals surface area contributed by atoms with Gasteiger partial charge in [-0.2, -0.15) is 8.42 Å². The van der Waals surface area contributed by atoms with Crippen LogP contribution in [0.25, 0.3) is 0 Å². The standard InChI is InChI=1S/C16H18FN3O2.CH4O3S/c1-2-22-16(21)20-15-8-7-13(9-14(15)18)19-10-11-3-5-12(17)6-4-11;1-5(2,3)4/h3-9,19H,2,10,18H2,1H3,(H,20,21);1H3,(H,2,3,4). The Hall–Kier alpha value is -2.85. The number of amides is 1. The molecule has 8 nitrogen and oxygen atoms in total. The van der Waals surface area contributed by atoms with Crippen LogP contribution >= 0.6 is 0 Å². The number of nitrogen functional groups attached to an aromatic ring is 1. The first-order chi connectivity index (χ1) is 12.6. The van der Waals surface area contributed by atoms with Crippen molar-refractivity contribution in [3.63, 3.8) is 0 Å². The highest BCUT2D eigenvalue weighted by molar-refractivity contribution is 7.85. The summed E-state index contributed by atoms with van der Waals surface area (Å²) >= 11 is 0. The van der Waals surface area contributed by atoms with Gasteiger partial charge in [-0.25, -0.2) is 9.18 Å². The van der Waals surface area contributed by atoms with E-state index in [0.717, 1.165) is 11.3 Å². The molecule has 10 heteroatoms. The number of anilines is 3. The minimum absolute atomic E-state index is 0.262. The molecule has 0 spiro atoms. The fraction of sp³-hybridized carbons (Fsp3) is 0.235. The van der Waals surface area contributed by atoms with Gasteiger partial charge in [0.15, 0.2) is 0 Å². The van der Waals surface area contributed by atoms with E-state index < -0.39 is 16.2 Å². The van der Waals surface area contributed by atoms with Crippen LogP contribution in [-0.2, 0) is 21.4 Å². The zero-order valence-corrected chi connectivity index (χ0v) is 15.7. The van der Waals surface area contributed by atoms with E-state index >= 15 is 0 Å². The van der Waals surface area contributed by atoms with Crippen LogP contribution in [0.15, 0.2) is 42.5 Å². The van der Waals surface area contributed by atoms with Crippen molar-refractivity contribution in [2.75, 3.05) is 29.2 Å². The Morgan fingerprint density at radius 2 is 1.81 bits per heavy atom. The number of nitrogens with one attached hydrogen (secondary N) is 2. The van der Waals surface area contributed by atoms with Gasteiger partial charge in [0.1, 0.15) is 5.82 Å². The van der Waals surface area contributed by atoms with Crippen molar-refractivity contribution in [1.82, 2.24) is 0 Å². The quantitative estimate of drug-likeness (QED) is 0.449. The average molecular weight is 399 g/mol. The van der Waals surface area contributed by atoms with Gasteiger partial charge >= 0.3 is 6.09 Å². The molecule has 27 heavy (non-hydrogen) atoms. The molecule has 0 heterocycles. The van der Waals surface area contributed by atoms with Crippen LogP contribution in [0.1, 0.15) is 12.5 Å². The van der Waals surface area contributed by atoms with Gasteiger partial charge in [0.05, 0.1) is 24.2 Å². The molecule has 0 aliphatic heterocycles. The molecule has 2 aromatic rings. The number of benzene rings is 2. The molecule has 0 aromatic heterocycles. The Morgan fingerprint density at radius 1 is 1.22 bits per heavy atom. The maximum Gasteiger partial charge on any atom is 0.411 e. The zero-order valence-electron chi connectivity index (χ0n) is 14.9. The summed E-state index contributed by atoms with van der Waals surface area (Å²) in [7, 11) is -3.67. The lowest BCUT2D eigenvalue weighted by atomic mass is 10.2. The smallest absolute Gasteiger partial charge is 0.411 e. The normalized spacial score (nSPS) is 10.4. The third-order valence-electron chi connectivity index (χ3n) is 2.97. The highest BCUT2D eigenvalue weighted by Crippen LogP contribution is 2.23. The van der Waals surface area contributed by atoms with Crippen LogP contribution in [0.4, 0.5) is 26.2 Å². The predicted molar refractivity (Wildman–Crippen MR) is 103 cm³/mol. The molecule has 0 atom stereocenters. The van der Waals surface area contributed by atoms with Crippen molar-refractivity contribution in [3.05, 3.63) is 53.8 Å². The highest BCUT2D eigenvalue weighted by atomic mass is 32.2. The van der Waals surface area contributed by atoms with Gasteiger partial charge in [0.25, 0.3) is 10.1 Å². The largest absolute Gasteiger partial charge is 0.450 e. The maximum absolute atomic E-state index is 12.8. The van der Waals surface area contributed by atoms with E-state index in [-0.39, 0.29) is 5.82 Å². The zero-order chi connectivity index (χ0) is 20.4. The average Bonchev–Trinajstić information content (AvgIpc) is 2.55. The third-order valence-corrected chi connectivity index (χ3v) is 2.97. The number of halogens is 1.